The fourth-order valence-corrected chi connectivity index (χ4v) is 3.73. The lowest BCUT2D eigenvalue weighted by atomic mass is 9.89. The maximum atomic E-state index is 12.6. The minimum atomic E-state index is -0.239. The van der Waals surface area contributed by atoms with Crippen molar-refractivity contribution in [1.82, 2.24) is 9.55 Å². The minimum absolute atomic E-state index is 0.0335. The number of ether oxygens (including phenoxy) is 3. The van der Waals surface area contributed by atoms with Crippen LogP contribution in [0.2, 0.25) is 0 Å². The summed E-state index contributed by atoms with van der Waals surface area (Å²) in [5.41, 5.74) is 2.57. The maximum Gasteiger partial charge on any atom is 0.226 e. The Morgan fingerprint density at radius 2 is 1.87 bits per heavy atom. The quantitative estimate of drug-likeness (QED) is 0.664. The Morgan fingerprint density at radius 3 is 2.53 bits per heavy atom. The Morgan fingerprint density at radius 1 is 1.10 bits per heavy atom. The highest BCUT2D eigenvalue weighted by molar-refractivity contribution is 5.94. The van der Waals surface area contributed by atoms with Crippen LogP contribution < -0.4 is 19.5 Å². The van der Waals surface area contributed by atoms with Crippen LogP contribution in [0.4, 0.5) is 5.82 Å². The third-order valence-electron chi connectivity index (χ3n) is 5.08. The van der Waals surface area contributed by atoms with Gasteiger partial charge in [-0.2, -0.15) is 0 Å². The Labute approximate surface area is 175 Å². The number of carbonyl (C=O) groups excluding carboxylic acids is 1. The van der Waals surface area contributed by atoms with Gasteiger partial charge in [0, 0.05) is 23.6 Å². The number of methoxy groups -OCH3 is 2. The molecule has 30 heavy (non-hydrogen) atoms. The summed E-state index contributed by atoms with van der Waals surface area (Å²) < 4.78 is 18.7. The second kappa shape index (κ2) is 8.10. The molecule has 1 aliphatic rings. The first-order valence-corrected chi connectivity index (χ1v) is 9.87. The fraction of sp³-hybridized carbons (Fsp3) is 0.304. The van der Waals surface area contributed by atoms with E-state index in [9.17, 15) is 4.79 Å². The van der Waals surface area contributed by atoms with Crippen molar-refractivity contribution in [3.05, 3.63) is 60.0 Å². The molecule has 1 N–H and O–H groups in total. The van der Waals surface area contributed by atoms with Crippen LogP contribution in [-0.2, 0) is 4.79 Å². The van der Waals surface area contributed by atoms with Crippen molar-refractivity contribution in [2.45, 2.75) is 32.3 Å². The number of para-hydroxylation sites is 1. The molecule has 1 aromatic heterocycles. The van der Waals surface area contributed by atoms with E-state index in [-0.39, 0.29) is 24.3 Å². The predicted octanol–water partition coefficient (Wildman–Crippen LogP) is 4.15. The van der Waals surface area contributed by atoms with E-state index in [1.54, 1.807) is 20.5 Å². The Bertz CT molecular complexity index is 1060. The molecule has 0 saturated heterocycles. The normalized spacial score (nSPS) is 15.5. The molecule has 0 radical (unpaired) electrons. The Kier molecular flexibility index (Phi) is 5.35. The van der Waals surface area contributed by atoms with Crippen molar-refractivity contribution in [3.8, 4) is 22.9 Å². The van der Waals surface area contributed by atoms with Gasteiger partial charge in [-0.05, 0) is 44.2 Å². The molecule has 7 nitrogen and oxygen atoms in total. The number of aromatic nitrogens is 2. The molecular weight excluding hydrogens is 382 g/mol. The van der Waals surface area contributed by atoms with Gasteiger partial charge in [-0.1, -0.05) is 12.1 Å². The number of nitrogens with one attached hydrogen (secondary N) is 1. The average Bonchev–Trinajstić information content (AvgIpc) is 3.16. The van der Waals surface area contributed by atoms with E-state index < -0.39 is 0 Å². The zero-order valence-corrected chi connectivity index (χ0v) is 17.5. The summed E-state index contributed by atoms with van der Waals surface area (Å²) in [5, 5.41) is 2.98. The summed E-state index contributed by atoms with van der Waals surface area (Å²) in [6, 6.07) is 13.3. The summed E-state index contributed by atoms with van der Waals surface area (Å²) in [5.74, 6) is 2.42. The van der Waals surface area contributed by atoms with Gasteiger partial charge < -0.3 is 19.5 Å². The first kappa shape index (κ1) is 19.8. The number of hydrogen-bond donors (Lipinski definition) is 1. The third kappa shape index (κ3) is 3.58. The minimum Gasteiger partial charge on any atom is -0.497 e. The smallest absolute Gasteiger partial charge is 0.226 e. The van der Waals surface area contributed by atoms with Gasteiger partial charge in [0.1, 0.15) is 17.9 Å². The SMILES string of the molecule is COc1ccc(-n2cnc3c2NC(=O)C[C@@H]3c2cccc(OC)c2OC(C)C)cc1. The number of nitrogens with zero attached hydrogens (tertiary/aromatic N) is 2. The zero-order valence-electron chi connectivity index (χ0n) is 17.5. The number of rotatable bonds is 6. The lowest BCUT2D eigenvalue weighted by Gasteiger charge is -2.26. The summed E-state index contributed by atoms with van der Waals surface area (Å²) in [4.78, 5) is 17.3. The molecule has 0 fully saturated rings. The van der Waals surface area contributed by atoms with Crippen LogP contribution >= 0.6 is 0 Å². The molecule has 0 bridgehead atoms. The predicted molar refractivity (Wildman–Crippen MR) is 114 cm³/mol. The molecule has 3 aromatic rings. The Balaban J connectivity index is 1.80. The highest BCUT2D eigenvalue weighted by Gasteiger charge is 2.33. The van der Waals surface area contributed by atoms with Crippen LogP contribution in [0.3, 0.4) is 0 Å². The topological polar surface area (TPSA) is 74.6 Å². The average molecular weight is 407 g/mol. The molecule has 1 amide bonds. The number of benzene rings is 2. The lowest BCUT2D eigenvalue weighted by molar-refractivity contribution is -0.116. The summed E-state index contributed by atoms with van der Waals surface area (Å²) in [7, 11) is 3.24. The number of carbonyl (C=O) groups is 1. The van der Waals surface area contributed by atoms with E-state index in [1.165, 1.54) is 0 Å². The van der Waals surface area contributed by atoms with Crippen LogP contribution in [0.25, 0.3) is 5.69 Å². The Hall–Kier alpha value is -3.48. The number of anilines is 1. The van der Waals surface area contributed by atoms with Gasteiger partial charge in [0.25, 0.3) is 0 Å². The number of imidazole rings is 1. The highest BCUT2D eigenvalue weighted by Crippen LogP contribution is 2.44. The second-order valence-corrected chi connectivity index (χ2v) is 7.40. The first-order chi connectivity index (χ1) is 14.5. The molecular formula is C23H25N3O4. The van der Waals surface area contributed by atoms with Crippen LogP contribution in [0, 0.1) is 0 Å². The molecule has 1 aliphatic heterocycles. The van der Waals surface area contributed by atoms with Crippen LogP contribution in [0.1, 0.15) is 37.4 Å². The van der Waals surface area contributed by atoms with Gasteiger partial charge in [-0.25, -0.2) is 4.98 Å². The largest absolute Gasteiger partial charge is 0.497 e. The van der Waals surface area contributed by atoms with E-state index in [1.807, 2.05) is 60.9 Å². The summed E-state index contributed by atoms with van der Waals surface area (Å²) in [6.45, 7) is 3.93. The van der Waals surface area contributed by atoms with E-state index in [0.717, 1.165) is 22.7 Å². The van der Waals surface area contributed by atoms with Gasteiger partial charge in [0.05, 0.1) is 26.0 Å². The van der Waals surface area contributed by atoms with E-state index in [4.69, 9.17) is 14.2 Å². The lowest BCUT2D eigenvalue weighted by Crippen LogP contribution is -2.25. The van der Waals surface area contributed by atoms with Gasteiger partial charge in [0.15, 0.2) is 11.5 Å². The van der Waals surface area contributed by atoms with E-state index in [0.29, 0.717) is 17.3 Å². The summed E-state index contributed by atoms with van der Waals surface area (Å²) >= 11 is 0. The molecule has 7 heteroatoms. The molecule has 0 aliphatic carbocycles. The van der Waals surface area contributed by atoms with E-state index in [2.05, 4.69) is 10.3 Å². The maximum absolute atomic E-state index is 12.6. The van der Waals surface area contributed by atoms with Crippen molar-refractivity contribution in [1.29, 1.82) is 0 Å². The zero-order chi connectivity index (χ0) is 21.3. The molecule has 4 rings (SSSR count). The molecule has 2 heterocycles. The molecule has 156 valence electrons. The van der Waals surface area contributed by atoms with Crippen molar-refractivity contribution < 1.29 is 19.0 Å². The highest BCUT2D eigenvalue weighted by atomic mass is 16.5. The summed E-state index contributed by atoms with van der Waals surface area (Å²) in [6.07, 6.45) is 1.98. The first-order valence-electron chi connectivity index (χ1n) is 9.87. The fourth-order valence-electron chi connectivity index (χ4n) is 3.73. The molecule has 0 unspecified atom stereocenters. The van der Waals surface area contributed by atoms with Crippen molar-refractivity contribution >= 4 is 11.7 Å². The molecule has 1 atom stereocenters. The molecule has 0 saturated carbocycles. The van der Waals surface area contributed by atoms with Crippen LogP contribution in [0.5, 0.6) is 17.2 Å². The van der Waals surface area contributed by atoms with Crippen LogP contribution in [-0.4, -0.2) is 35.8 Å². The van der Waals surface area contributed by atoms with Crippen molar-refractivity contribution in [3.63, 3.8) is 0 Å². The number of fused-ring (bicyclic) bond motifs is 1. The molecule has 2 aromatic carbocycles. The van der Waals surface area contributed by atoms with E-state index >= 15 is 0 Å². The van der Waals surface area contributed by atoms with Crippen molar-refractivity contribution in [2.24, 2.45) is 0 Å². The van der Waals surface area contributed by atoms with Gasteiger partial charge >= 0.3 is 0 Å². The van der Waals surface area contributed by atoms with Gasteiger partial charge in [0.2, 0.25) is 5.91 Å². The third-order valence-corrected chi connectivity index (χ3v) is 5.08. The van der Waals surface area contributed by atoms with Gasteiger partial charge in [-0.15, -0.1) is 0 Å². The van der Waals surface area contributed by atoms with Crippen molar-refractivity contribution in [2.75, 3.05) is 19.5 Å². The standard InChI is InChI=1S/C23H25N3O4/c1-14(2)30-22-17(6-5-7-19(22)29-4)18-12-20(27)25-23-21(18)24-13-26(23)15-8-10-16(28-3)11-9-15/h5-11,13-14,18H,12H2,1-4H3,(H,25,27)/t18-/m1/s1. The number of amides is 1. The monoisotopic (exact) mass is 407 g/mol. The van der Waals surface area contributed by atoms with Gasteiger partial charge in [-0.3, -0.25) is 9.36 Å². The molecule has 0 spiro atoms. The second-order valence-electron chi connectivity index (χ2n) is 7.40. The number of hydrogen-bond acceptors (Lipinski definition) is 5. The van der Waals surface area contributed by atoms with Crippen LogP contribution in [0.15, 0.2) is 48.8 Å².